The topological polar surface area (TPSA) is 79.6 Å². The molecule has 1 aromatic heterocycles. The zero-order chi connectivity index (χ0) is 22.4. The summed E-state index contributed by atoms with van der Waals surface area (Å²) in [4.78, 5) is 14.5. The zero-order valence-electron chi connectivity index (χ0n) is 17.5. The fourth-order valence-electron chi connectivity index (χ4n) is 3.48. The van der Waals surface area contributed by atoms with Gasteiger partial charge >= 0.3 is 0 Å². The van der Waals surface area contributed by atoms with Crippen molar-refractivity contribution in [2.75, 3.05) is 13.1 Å². The van der Waals surface area contributed by atoms with Crippen LogP contribution in [0.5, 0.6) is 0 Å². The first-order chi connectivity index (χ1) is 15.5. The number of hydrogen-bond acceptors (Lipinski definition) is 4. The van der Waals surface area contributed by atoms with Crippen molar-refractivity contribution in [1.29, 1.82) is 0 Å². The second-order valence-corrected chi connectivity index (χ2v) is 9.20. The first-order valence-electron chi connectivity index (χ1n) is 10.3. The van der Waals surface area contributed by atoms with Crippen molar-refractivity contribution in [1.82, 2.24) is 9.62 Å². The van der Waals surface area contributed by atoms with E-state index in [4.69, 9.17) is 4.42 Å². The fourth-order valence-corrected chi connectivity index (χ4v) is 4.47. The van der Waals surface area contributed by atoms with E-state index in [-0.39, 0.29) is 17.3 Å². The lowest BCUT2D eigenvalue weighted by Crippen LogP contribution is -2.33. The quantitative estimate of drug-likeness (QED) is 0.552. The molecule has 0 aliphatic carbocycles. The molecule has 0 radical (unpaired) electrons. The van der Waals surface area contributed by atoms with Gasteiger partial charge in [-0.15, -0.1) is 0 Å². The Bertz CT molecular complexity index is 1210. The van der Waals surface area contributed by atoms with Gasteiger partial charge in [0.2, 0.25) is 15.9 Å². The highest BCUT2D eigenvalue weighted by molar-refractivity contribution is 7.89. The molecule has 32 heavy (non-hydrogen) atoms. The third-order valence-electron chi connectivity index (χ3n) is 5.29. The molecule has 2 aromatic carbocycles. The van der Waals surface area contributed by atoms with E-state index in [0.29, 0.717) is 18.8 Å². The monoisotopic (exact) mass is 448 g/mol. The van der Waals surface area contributed by atoms with Gasteiger partial charge in [-0.05, 0) is 53.5 Å². The van der Waals surface area contributed by atoms with Crippen LogP contribution in [-0.2, 0) is 21.4 Å². The van der Waals surface area contributed by atoms with Crippen LogP contribution in [0.1, 0.15) is 23.3 Å². The number of carbonyl (C=O) groups excluding carboxylic acids is 1. The van der Waals surface area contributed by atoms with E-state index in [1.54, 1.807) is 35.2 Å². The maximum atomic E-state index is 12.5. The summed E-state index contributed by atoms with van der Waals surface area (Å²) in [7, 11) is -3.65. The Balaban J connectivity index is 1.33. The van der Waals surface area contributed by atoms with Crippen LogP contribution in [-0.4, -0.2) is 32.3 Å². The van der Waals surface area contributed by atoms with Gasteiger partial charge in [0.1, 0.15) is 5.76 Å². The van der Waals surface area contributed by atoms with E-state index in [0.717, 1.165) is 12.0 Å². The Morgan fingerprint density at radius 2 is 1.81 bits per heavy atom. The van der Waals surface area contributed by atoms with E-state index in [1.807, 2.05) is 18.2 Å². The van der Waals surface area contributed by atoms with E-state index < -0.39 is 10.0 Å². The highest BCUT2D eigenvalue weighted by atomic mass is 32.2. The molecule has 1 N–H and O–H groups in total. The molecule has 0 unspecified atom stereocenters. The Kier molecular flexibility index (Phi) is 6.68. The standard InChI is InChI=1S/C25H24N2O4S/c28-25(27-16-14-22(15-17-27)21-5-2-1-3-6-21)13-10-20-8-11-24(12-9-20)32(29,30)26-19-23-7-4-18-31-23/h1-14,18,26H,15-17,19H2. The Hall–Kier alpha value is -3.42. The molecule has 1 amide bonds. The molecule has 0 saturated heterocycles. The molecule has 1 aliphatic rings. The van der Waals surface area contributed by atoms with Crippen molar-refractivity contribution < 1.29 is 17.6 Å². The number of nitrogens with one attached hydrogen (secondary N) is 1. The van der Waals surface area contributed by atoms with Crippen molar-refractivity contribution in [2.24, 2.45) is 0 Å². The molecule has 4 rings (SSSR count). The molecular formula is C25H24N2O4S. The lowest BCUT2D eigenvalue weighted by molar-refractivity contribution is -0.125. The lowest BCUT2D eigenvalue weighted by Gasteiger charge is -2.25. The first kappa shape index (κ1) is 21.8. The summed E-state index contributed by atoms with van der Waals surface area (Å²) < 4.78 is 32.4. The number of sulfonamides is 1. The van der Waals surface area contributed by atoms with E-state index in [1.165, 1.54) is 35.6 Å². The van der Waals surface area contributed by atoms with Gasteiger partial charge < -0.3 is 9.32 Å². The molecule has 0 spiro atoms. The molecule has 164 valence electrons. The number of hydrogen-bond donors (Lipinski definition) is 1. The van der Waals surface area contributed by atoms with Crippen molar-refractivity contribution in [3.05, 3.63) is 102 Å². The Morgan fingerprint density at radius 3 is 2.47 bits per heavy atom. The fraction of sp³-hybridized carbons (Fsp3) is 0.160. The molecular weight excluding hydrogens is 424 g/mol. The van der Waals surface area contributed by atoms with Crippen molar-refractivity contribution in [3.63, 3.8) is 0 Å². The number of benzene rings is 2. The number of nitrogens with zero attached hydrogens (tertiary/aromatic N) is 1. The summed E-state index contributed by atoms with van der Waals surface area (Å²) in [5, 5.41) is 0. The maximum Gasteiger partial charge on any atom is 0.246 e. The van der Waals surface area contributed by atoms with Gasteiger partial charge in [0, 0.05) is 19.2 Å². The molecule has 0 fully saturated rings. The minimum Gasteiger partial charge on any atom is -0.468 e. The third kappa shape index (κ3) is 5.43. The van der Waals surface area contributed by atoms with Gasteiger partial charge in [-0.2, -0.15) is 0 Å². The van der Waals surface area contributed by atoms with Crippen LogP contribution in [0.15, 0.2) is 94.5 Å². The van der Waals surface area contributed by atoms with Gasteiger partial charge in [-0.1, -0.05) is 48.5 Å². The van der Waals surface area contributed by atoms with E-state index in [9.17, 15) is 13.2 Å². The average molecular weight is 449 g/mol. The largest absolute Gasteiger partial charge is 0.468 e. The van der Waals surface area contributed by atoms with Gasteiger partial charge in [0.05, 0.1) is 17.7 Å². The highest BCUT2D eigenvalue weighted by Gasteiger charge is 2.16. The maximum absolute atomic E-state index is 12.5. The molecule has 7 heteroatoms. The Morgan fingerprint density at radius 1 is 1.03 bits per heavy atom. The van der Waals surface area contributed by atoms with Crippen molar-refractivity contribution in [3.8, 4) is 0 Å². The second kappa shape index (κ2) is 9.80. The summed E-state index contributed by atoms with van der Waals surface area (Å²) >= 11 is 0. The van der Waals surface area contributed by atoms with Crippen molar-refractivity contribution >= 4 is 27.6 Å². The minimum atomic E-state index is -3.65. The second-order valence-electron chi connectivity index (χ2n) is 7.44. The molecule has 3 aromatic rings. The van der Waals surface area contributed by atoms with Crippen LogP contribution in [0.2, 0.25) is 0 Å². The normalized spacial score (nSPS) is 14.5. The van der Waals surface area contributed by atoms with E-state index >= 15 is 0 Å². The van der Waals surface area contributed by atoms with Crippen LogP contribution in [0.25, 0.3) is 11.6 Å². The number of carbonyl (C=O) groups is 1. The summed E-state index contributed by atoms with van der Waals surface area (Å²) in [6.07, 6.45) is 7.64. The number of amides is 1. The first-order valence-corrected chi connectivity index (χ1v) is 11.8. The molecule has 2 heterocycles. The van der Waals surface area contributed by atoms with Crippen LogP contribution in [0.3, 0.4) is 0 Å². The summed E-state index contributed by atoms with van der Waals surface area (Å²) in [5.41, 5.74) is 3.21. The summed E-state index contributed by atoms with van der Waals surface area (Å²) in [6, 6.07) is 20.0. The van der Waals surface area contributed by atoms with E-state index in [2.05, 4.69) is 22.9 Å². The zero-order valence-corrected chi connectivity index (χ0v) is 18.3. The third-order valence-corrected chi connectivity index (χ3v) is 6.71. The van der Waals surface area contributed by atoms with Crippen LogP contribution in [0.4, 0.5) is 0 Å². The predicted molar refractivity (Wildman–Crippen MR) is 124 cm³/mol. The average Bonchev–Trinajstić information content (AvgIpc) is 3.36. The van der Waals surface area contributed by atoms with Crippen LogP contribution < -0.4 is 4.72 Å². The SMILES string of the molecule is O=C(C=Cc1ccc(S(=O)(=O)NCc2ccco2)cc1)N1CC=C(c2ccccc2)CC1. The smallest absolute Gasteiger partial charge is 0.246 e. The van der Waals surface area contributed by atoms with Crippen molar-refractivity contribution in [2.45, 2.75) is 17.9 Å². The minimum absolute atomic E-state index is 0.0647. The predicted octanol–water partition coefficient (Wildman–Crippen LogP) is 4.09. The molecule has 0 atom stereocenters. The molecule has 0 bridgehead atoms. The summed E-state index contributed by atoms with van der Waals surface area (Å²) in [6.45, 7) is 1.33. The molecule has 1 aliphatic heterocycles. The molecule has 6 nitrogen and oxygen atoms in total. The number of furan rings is 1. The number of rotatable bonds is 7. The van der Waals surface area contributed by atoms with Gasteiger partial charge in [0.15, 0.2) is 0 Å². The molecule has 0 saturated carbocycles. The lowest BCUT2D eigenvalue weighted by atomic mass is 9.99. The van der Waals surface area contributed by atoms with Gasteiger partial charge in [-0.25, -0.2) is 13.1 Å². The van der Waals surface area contributed by atoms with Gasteiger partial charge in [-0.3, -0.25) is 4.79 Å². The van der Waals surface area contributed by atoms with Crippen LogP contribution in [0, 0.1) is 0 Å². The van der Waals surface area contributed by atoms with Gasteiger partial charge in [0.25, 0.3) is 0 Å². The highest BCUT2D eigenvalue weighted by Crippen LogP contribution is 2.22. The Labute approximate surface area is 187 Å². The van der Waals surface area contributed by atoms with Crippen LogP contribution >= 0.6 is 0 Å². The summed E-state index contributed by atoms with van der Waals surface area (Å²) in [5.74, 6) is 0.472.